The van der Waals surface area contributed by atoms with Gasteiger partial charge in [0.15, 0.2) is 0 Å². The fourth-order valence-electron chi connectivity index (χ4n) is 1.27. The van der Waals surface area contributed by atoms with Crippen molar-refractivity contribution < 1.29 is 24.5 Å². The van der Waals surface area contributed by atoms with Gasteiger partial charge in [0.2, 0.25) is 5.91 Å². The van der Waals surface area contributed by atoms with Gasteiger partial charge in [-0.3, -0.25) is 4.79 Å². The van der Waals surface area contributed by atoms with E-state index >= 15 is 0 Å². The Kier molecular flexibility index (Phi) is 6.11. The highest BCUT2D eigenvalue weighted by Gasteiger charge is 2.18. The van der Waals surface area contributed by atoms with E-state index in [-0.39, 0.29) is 13.0 Å². The van der Waals surface area contributed by atoms with Gasteiger partial charge in [0.1, 0.15) is 11.8 Å². The number of carbonyl (C=O) groups excluding carboxylic acids is 1. The first-order valence-corrected chi connectivity index (χ1v) is 5.92. The number of aliphatic hydroxyl groups excluding tert-OH is 1. The molecule has 6 nitrogen and oxygen atoms in total. The van der Waals surface area contributed by atoms with E-state index in [9.17, 15) is 9.59 Å². The van der Waals surface area contributed by atoms with Gasteiger partial charge in [-0.15, -0.1) is 0 Å². The van der Waals surface area contributed by atoms with E-state index in [1.807, 2.05) is 0 Å². The van der Waals surface area contributed by atoms with Crippen molar-refractivity contribution in [3.05, 3.63) is 29.3 Å². The average Bonchev–Trinajstić information content (AvgIpc) is 2.38. The summed E-state index contributed by atoms with van der Waals surface area (Å²) >= 11 is 5.85. The molecule has 0 heterocycles. The molecule has 0 aromatic heterocycles. The minimum atomic E-state index is -1.30. The molecular formula is C12H14ClNO5. The van der Waals surface area contributed by atoms with Crippen LogP contribution < -0.4 is 10.1 Å². The van der Waals surface area contributed by atoms with Crippen LogP contribution in [0.4, 0.5) is 0 Å². The quantitative estimate of drug-likeness (QED) is 0.685. The Morgan fingerprint density at radius 3 is 2.63 bits per heavy atom. The Hall–Kier alpha value is -1.79. The highest BCUT2D eigenvalue weighted by Crippen LogP contribution is 2.22. The summed E-state index contributed by atoms with van der Waals surface area (Å²) < 4.78 is 5.28. The van der Waals surface area contributed by atoms with Crippen molar-refractivity contribution in [1.82, 2.24) is 5.32 Å². The van der Waals surface area contributed by atoms with E-state index in [2.05, 4.69) is 5.32 Å². The van der Waals surface area contributed by atoms with Crippen LogP contribution in [0.1, 0.15) is 6.42 Å². The lowest BCUT2D eigenvalue weighted by Gasteiger charge is -2.12. The number of benzene rings is 1. The van der Waals surface area contributed by atoms with Crippen LogP contribution in [0.3, 0.4) is 0 Å². The third kappa shape index (κ3) is 5.15. The lowest BCUT2D eigenvalue weighted by Crippen LogP contribution is -2.43. The number of halogens is 1. The first-order chi connectivity index (χ1) is 9.04. The number of aliphatic carboxylic acids is 1. The van der Waals surface area contributed by atoms with E-state index < -0.39 is 24.5 Å². The molecule has 19 heavy (non-hydrogen) atoms. The Labute approximate surface area is 114 Å². The summed E-state index contributed by atoms with van der Waals surface area (Å²) in [6.45, 7) is -0.597. The average molecular weight is 288 g/mol. The fourth-order valence-corrected chi connectivity index (χ4v) is 1.46. The minimum absolute atomic E-state index is 0.0327. The van der Waals surface area contributed by atoms with Crippen molar-refractivity contribution in [3.8, 4) is 5.75 Å². The number of nitrogens with one attached hydrogen (secondary N) is 1. The first-order valence-electron chi connectivity index (χ1n) is 5.55. The van der Waals surface area contributed by atoms with E-state index in [1.54, 1.807) is 24.3 Å². The summed E-state index contributed by atoms with van der Waals surface area (Å²) in [5.74, 6) is -1.36. The van der Waals surface area contributed by atoms with Gasteiger partial charge in [0.05, 0.1) is 24.7 Å². The Bertz CT molecular complexity index is 452. The molecule has 1 amide bonds. The maximum absolute atomic E-state index is 11.4. The molecule has 0 saturated carbocycles. The predicted molar refractivity (Wildman–Crippen MR) is 68.2 cm³/mol. The number of carboxylic acids is 1. The van der Waals surface area contributed by atoms with Crippen LogP contribution in [0.15, 0.2) is 24.3 Å². The molecule has 0 bridgehead atoms. The summed E-state index contributed by atoms with van der Waals surface area (Å²) in [4.78, 5) is 22.0. The van der Waals surface area contributed by atoms with Crippen LogP contribution in [0, 0.1) is 0 Å². The summed E-state index contributed by atoms with van der Waals surface area (Å²) in [5, 5.41) is 20.0. The zero-order valence-electron chi connectivity index (χ0n) is 10.0. The molecule has 0 unspecified atom stereocenters. The fraction of sp³-hybridized carbons (Fsp3) is 0.333. The van der Waals surface area contributed by atoms with Crippen LogP contribution in [0.2, 0.25) is 5.02 Å². The second kappa shape index (κ2) is 7.60. The number of carbonyl (C=O) groups is 2. The van der Waals surface area contributed by atoms with Gasteiger partial charge < -0.3 is 20.3 Å². The van der Waals surface area contributed by atoms with Crippen molar-refractivity contribution >= 4 is 23.5 Å². The van der Waals surface area contributed by atoms with Gasteiger partial charge >= 0.3 is 5.97 Å². The van der Waals surface area contributed by atoms with Crippen molar-refractivity contribution in [2.24, 2.45) is 0 Å². The summed E-state index contributed by atoms with van der Waals surface area (Å²) in [7, 11) is 0. The van der Waals surface area contributed by atoms with Gasteiger partial charge in [-0.05, 0) is 12.1 Å². The van der Waals surface area contributed by atoms with Gasteiger partial charge in [-0.25, -0.2) is 4.79 Å². The normalized spacial score (nSPS) is 11.7. The van der Waals surface area contributed by atoms with Gasteiger partial charge in [-0.1, -0.05) is 23.7 Å². The minimum Gasteiger partial charge on any atom is -0.491 e. The zero-order chi connectivity index (χ0) is 14.3. The van der Waals surface area contributed by atoms with Crippen LogP contribution in [0.25, 0.3) is 0 Å². The largest absolute Gasteiger partial charge is 0.491 e. The first kappa shape index (κ1) is 15.3. The molecule has 104 valence electrons. The summed E-state index contributed by atoms with van der Waals surface area (Å²) in [5.41, 5.74) is 0. The topological polar surface area (TPSA) is 95.9 Å². The van der Waals surface area contributed by atoms with E-state index in [0.717, 1.165) is 0 Å². The second-order valence-corrected chi connectivity index (χ2v) is 4.08. The molecule has 1 atom stereocenters. The van der Waals surface area contributed by atoms with Crippen LogP contribution >= 0.6 is 11.6 Å². The molecule has 0 fully saturated rings. The third-order valence-corrected chi connectivity index (χ3v) is 2.55. The Morgan fingerprint density at radius 2 is 2.05 bits per heavy atom. The summed E-state index contributed by atoms with van der Waals surface area (Å²) in [6.07, 6.45) is -0.0327. The SMILES string of the molecule is O=C(CCOc1ccccc1Cl)N[C@@H](CO)C(=O)O. The number of aliphatic hydroxyl groups is 1. The Balaban J connectivity index is 2.35. The van der Waals surface area contributed by atoms with Gasteiger partial charge in [0.25, 0.3) is 0 Å². The molecular weight excluding hydrogens is 274 g/mol. The number of para-hydroxylation sites is 1. The highest BCUT2D eigenvalue weighted by atomic mass is 35.5. The van der Waals surface area contributed by atoms with E-state index in [0.29, 0.717) is 10.8 Å². The van der Waals surface area contributed by atoms with Crippen LogP contribution in [-0.4, -0.2) is 41.3 Å². The predicted octanol–water partition coefficient (Wildman–Crippen LogP) is 0.671. The third-order valence-electron chi connectivity index (χ3n) is 2.24. The standard InChI is InChI=1S/C12H14ClNO5/c13-8-3-1-2-4-10(8)19-6-5-11(16)14-9(7-15)12(17)18/h1-4,9,15H,5-7H2,(H,14,16)(H,17,18)/t9-/m0/s1. The molecule has 0 aliphatic rings. The molecule has 0 aliphatic carbocycles. The molecule has 1 aromatic rings. The Morgan fingerprint density at radius 1 is 1.37 bits per heavy atom. The molecule has 3 N–H and O–H groups in total. The molecule has 0 spiro atoms. The smallest absolute Gasteiger partial charge is 0.328 e. The molecule has 0 saturated heterocycles. The molecule has 0 radical (unpaired) electrons. The summed E-state index contributed by atoms with van der Waals surface area (Å²) in [6, 6.07) is 5.51. The van der Waals surface area contributed by atoms with Crippen molar-refractivity contribution in [2.45, 2.75) is 12.5 Å². The number of hydrogen-bond donors (Lipinski definition) is 3. The molecule has 1 rings (SSSR count). The lowest BCUT2D eigenvalue weighted by atomic mass is 10.3. The van der Waals surface area contributed by atoms with Crippen molar-refractivity contribution in [3.63, 3.8) is 0 Å². The van der Waals surface area contributed by atoms with Gasteiger partial charge in [0, 0.05) is 0 Å². The van der Waals surface area contributed by atoms with Crippen LogP contribution in [-0.2, 0) is 9.59 Å². The second-order valence-electron chi connectivity index (χ2n) is 3.67. The molecule has 0 aliphatic heterocycles. The lowest BCUT2D eigenvalue weighted by molar-refractivity contribution is -0.143. The highest BCUT2D eigenvalue weighted by molar-refractivity contribution is 6.32. The van der Waals surface area contributed by atoms with E-state index in [4.69, 9.17) is 26.6 Å². The number of amides is 1. The monoisotopic (exact) mass is 287 g/mol. The van der Waals surface area contributed by atoms with Crippen molar-refractivity contribution in [2.75, 3.05) is 13.2 Å². The van der Waals surface area contributed by atoms with E-state index in [1.165, 1.54) is 0 Å². The number of carboxylic acid groups (broad SMARTS) is 1. The van der Waals surface area contributed by atoms with Crippen molar-refractivity contribution in [1.29, 1.82) is 0 Å². The number of ether oxygens (including phenoxy) is 1. The number of rotatable bonds is 7. The van der Waals surface area contributed by atoms with Crippen LogP contribution in [0.5, 0.6) is 5.75 Å². The maximum atomic E-state index is 11.4. The molecule has 7 heteroatoms. The maximum Gasteiger partial charge on any atom is 0.328 e. The number of hydrogen-bond acceptors (Lipinski definition) is 4. The van der Waals surface area contributed by atoms with Gasteiger partial charge in [-0.2, -0.15) is 0 Å². The molecule has 1 aromatic carbocycles. The zero-order valence-corrected chi connectivity index (χ0v) is 10.8.